The Hall–Kier alpha value is -4.22. The fourth-order valence-electron chi connectivity index (χ4n) is 4.81. The molecule has 0 atom stereocenters. The van der Waals surface area contributed by atoms with E-state index in [1.807, 2.05) is 26.8 Å². The third-order valence-corrected chi connectivity index (χ3v) is 7.01. The number of carbonyl (C=O) groups is 2. The van der Waals surface area contributed by atoms with E-state index in [4.69, 9.17) is 15.2 Å². The second-order valence-electron chi connectivity index (χ2n) is 12.9. The molecule has 0 saturated carbocycles. The van der Waals surface area contributed by atoms with Crippen LogP contribution >= 0.6 is 0 Å². The SMILES string of the molecule is CC(C)(C)OC(=O)N1CC=C(c2ccc(F)c([N+](=O)[O-])c2)CC1.CC(C)(C)OC(=O)N1CCC(c2ccc(F)c(N)c2)CC1. The molecule has 0 bridgehead atoms. The molecule has 1 saturated heterocycles. The van der Waals surface area contributed by atoms with E-state index in [0.717, 1.165) is 30.0 Å². The number of nitro benzene ring substituents is 1. The summed E-state index contributed by atoms with van der Waals surface area (Å²) in [6.45, 7) is 13.1. The summed E-state index contributed by atoms with van der Waals surface area (Å²) in [5.74, 6) is -0.929. The maximum atomic E-state index is 13.4. The number of carbonyl (C=O) groups excluding carboxylic acids is 2. The van der Waals surface area contributed by atoms with Gasteiger partial charge in [0.05, 0.1) is 10.6 Å². The maximum Gasteiger partial charge on any atom is 0.410 e. The number of amides is 2. The first-order chi connectivity index (χ1) is 20.4. The van der Waals surface area contributed by atoms with Gasteiger partial charge >= 0.3 is 17.9 Å². The Morgan fingerprint density at radius 2 is 1.45 bits per heavy atom. The van der Waals surface area contributed by atoms with Gasteiger partial charge in [0.1, 0.15) is 17.0 Å². The van der Waals surface area contributed by atoms with Crippen LogP contribution in [0.1, 0.15) is 77.8 Å². The van der Waals surface area contributed by atoms with Crippen LogP contribution < -0.4 is 5.73 Å². The summed E-state index contributed by atoms with van der Waals surface area (Å²) in [4.78, 5) is 37.3. The molecule has 2 amide bonds. The second kappa shape index (κ2) is 14.0. The van der Waals surface area contributed by atoms with Crippen molar-refractivity contribution >= 4 is 29.1 Å². The van der Waals surface area contributed by atoms with Gasteiger partial charge in [-0.25, -0.2) is 14.0 Å². The molecule has 44 heavy (non-hydrogen) atoms. The lowest BCUT2D eigenvalue weighted by Gasteiger charge is -2.33. The van der Waals surface area contributed by atoms with Crippen LogP contribution in [0, 0.1) is 21.7 Å². The van der Waals surface area contributed by atoms with Crippen molar-refractivity contribution in [3.05, 3.63) is 75.3 Å². The van der Waals surface area contributed by atoms with Crippen molar-refractivity contribution in [2.45, 2.75) is 77.9 Å². The Bertz CT molecular complexity index is 1390. The number of rotatable bonds is 3. The number of piperidine rings is 1. The van der Waals surface area contributed by atoms with Gasteiger partial charge in [-0.3, -0.25) is 10.1 Å². The smallest absolute Gasteiger partial charge is 0.410 e. The second-order valence-corrected chi connectivity index (χ2v) is 12.9. The molecule has 1 fully saturated rings. The molecule has 0 radical (unpaired) electrons. The monoisotopic (exact) mass is 616 g/mol. The van der Waals surface area contributed by atoms with Gasteiger partial charge in [-0.1, -0.05) is 18.2 Å². The summed E-state index contributed by atoms with van der Waals surface area (Å²) in [6.07, 6.45) is 3.36. The fourth-order valence-corrected chi connectivity index (χ4v) is 4.81. The van der Waals surface area contributed by atoms with Gasteiger partial charge < -0.3 is 25.0 Å². The number of anilines is 1. The fraction of sp³-hybridized carbons (Fsp3) is 0.500. The average Bonchev–Trinajstić information content (AvgIpc) is 2.93. The van der Waals surface area contributed by atoms with Gasteiger partial charge in [-0.15, -0.1) is 0 Å². The van der Waals surface area contributed by atoms with E-state index in [1.54, 1.807) is 42.7 Å². The number of ether oxygens (including phenoxy) is 2. The first-order valence-electron chi connectivity index (χ1n) is 14.6. The predicted octanol–water partition coefficient (Wildman–Crippen LogP) is 7.28. The van der Waals surface area contributed by atoms with Crippen LogP contribution in [0.5, 0.6) is 0 Å². The van der Waals surface area contributed by atoms with Crippen molar-refractivity contribution in [3.63, 3.8) is 0 Å². The standard InChI is InChI=1S/C16H19FN2O4.C16H23FN2O2/c1-16(2,3)23-15(20)18-8-6-11(7-9-18)12-4-5-13(17)14(10-12)19(21)22;1-16(2,3)21-15(20)19-8-6-11(7-9-19)12-4-5-13(17)14(18)10-12/h4-6,10H,7-9H2,1-3H3;4-5,10-11H,6-9,18H2,1-3H3. The van der Waals surface area contributed by atoms with Crippen molar-refractivity contribution in [1.82, 2.24) is 9.80 Å². The van der Waals surface area contributed by atoms with Crippen LogP contribution in [0.15, 0.2) is 42.5 Å². The summed E-state index contributed by atoms with van der Waals surface area (Å²) in [5.41, 5.74) is 6.71. The molecule has 2 aromatic rings. The largest absolute Gasteiger partial charge is 0.444 e. The highest BCUT2D eigenvalue weighted by atomic mass is 19.1. The zero-order valence-electron chi connectivity index (χ0n) is 26.2. The Morgan fingerprint density at radius 3 is 1.95 bits per heavy atom. The molecular formula is C32H42F2N4O6. The molecule has 2 aliphatic rings. The Balaban J connectivity index is 0.000000241. The number of nitro groups is 1. The van der Waals surface area contributed by atoms with E-state index >= 15 is 0 Å². The van der Waals surface area contributed by atoms with Crippen LogP contribution in [0.2, 0.25) is 0 Å². The Kier molecular flexibility index (Phi) is 10.9. The van der Waals surface area contributed by atoms with Gasteiger partial charge in [0, 0.05) is 32.2 Å². The van der Waals surface area contributed by atoms with Gasteiger partial charge in [0.25, 0.3) is 0 Å². The maximum absolute atomic E-state index is 13.4. The molecule has 4 rings (SSSR count). The minimum Gasteiger partial charge on any atom is -0.444 e. The molecule has 2 aliphatic heterocycles. The van der Waals surface area contributed by atoms with Crippen molar-refractivity contribution in [1.29, 1.82) is 0 Å². The Labute approximate surface area is 256 Å². The summed E-state index contributed by atoms with van der Waals surface area (Å²) in [6, 6.07) is 8.71. The van der Waals surface area contributed by atoms with E-state index in [2.05, 4.69) is 0 Å². The first-order valence-corrected chi connectivity index (χ1v) is 14.6. The number of hydrogen-bond acceptors (Lipinski definition) is 7. The summed E-state index contributed by atoms with van der Waals surface area (Å²) < 4.78 is 37.3. The summed E-state index contributed by atoms with van der Waals surface area (Å²) >= 11 is 0. The number of halogens is 2. The lowest BCUT2D eigenvalue weighted by molar-refractivity contribution is -0.387. The minimum absolute atomic E-state index is 0.182. The van der Waals surface area contributed by atoms with Crippen LogP contribution in [-0.2, 0) is 9.47 Å². The summed E-state index contributed by atoms with van der Waals surface area (Å²) in [5, 5.41) is 10.8. The molecular weight excluding hydrogens is 574 g/mol. The summed E-state index contributed by atoms with van der Waals surface area (Å²) in [7, 11) is 0. The van der Waals surface area contributed by atoms with Gasteiger partial charge in [-0.05, 0) is 102 Å². The quantitative estimate of drug-likeness (QED) is 0.218. The molecule has 0 aromatic heterocycles. The number of benzene rings is 2. The zero-order chi connectivity index (χ0) is 32.8. The topological polar surface area (TPSA) is 128 Å². The van der Waals surface area contributed by atoms with Gasteiger partial charge in [0.15, 0.2) is 0 Å². The van der Waals surface area contributed by atoms with Crippen LogP contribution in [-0.4, -0.2) is 64.3 Å². The van der Waals surface area contributed by atoms with Crippen LogP contribution in [0.4, 0.5) is 29.7 Å². The third kappa shape index (κ3) is 9.92. The molecule has 10 nitrogen and oxygen atoms in total. The molecule has 0 spiro atoms. The van der Waals surface area contributed by atoms with E-state index < -0.39 is 33.7 Å². The first kappa shape index (κ1) is 34.3. The van der Waals surface area contributed by atoms with Gasteiger partial charge in [-0.2, -0.15) is 4.39 Å². The third-order valence-electron chi connectivity index (χ3n) is 7.01. The highest BCUT2D eigenvalue weighted by molar-refractivity contribution is 5.73. The predicted molar refractivity (Wildman–Crippen MR) is 164 cm³/mol. The minimum atomic E-state index is -0.856. The number of nitrogen functional groups attached to an aromatic ring is 1. The molecule has 240 valence electrons. The van der Waals surface area contributed by atoms with E-state index in [1.165, 1.54) is 18.2 Å². The van der Waals surface area contributed by atoms with E-state index in [-0.39, 0.29) is 17.6 Å². The van der Waals surface area contributed by atoms with Crippen molar-refractivity contribution in [3.8, 4) is 0 Å². The molecule has 0 unspecified atom stereocenters. The van der Waals surface area contributed by atoms with Crippen molar-refractivity contribution in [2.24, 2.45) is 0 Å². The van der Waals surface area contributed by atoms with Gasteiger partial charge in [0.2, 0.25) is 5.82 Å². The normalized spacial score (nSPS) is 16.0. The number of likely N-dealkylation sites (tertiary alicyclic amines) is 1. The number of nitrogens with two attached hydrogens (primary N) is 1. The number of nitrogens with zero attached hydrogens (tertiary/aromatic N) is 3. The number of hydrogen-bond donors (Lipinski definition) is 1. The zero-order valence-corrected chi connectivity index (χ0v) is 26.2. The van der Waals surface area contributed by atoms with E-state index in [9.17, 15) is 28.5 Å². The lowest BCUT2D eigenvalue weighted by Crippen LogP contribution is -2.41. The average molecular weight is 617 g/mol. The van der Waals surface area contributed by atoms with Crippen LogP contribution in [0.25, 0.3) is 5.57 Å². The molecule has 2 heterocycles. The van der Waals surface area contributed by atoms with Crippen LogP contribution in [0.3, 0.4) is 0 Å². The Morgan fingerprint density at radius 1 is 0.886 bits per heavy atom. The molecule has 12 heteroatoms. The lowest BCUT2D eigenvalue weighted by atomic mass is 9.89. The highest BCUT2D eigenvalue weighted by Gasteiger charge is 2.28. The molecule has 2 N–H and O–H groups in total. The molecule has 2 aromatic carbocycles. The van der Waals surface area contributed by atoms with Crippen molar-refractivity contribution in [2.75, 3.05) is 31.9 Å². The van der Waals surface area contributed by atoms with Crippen molar-refractivity contribution < 1.29 is 32.8 Å². The highest BCUT2D eigenvalue weighted by Crippen LogP contribution is 2.31. The van der Waals surface area contributed by atoms with E-state index in [0.29, 0.717) is 44.1 Å². The molecule has 0 aliphatic carbocycles.